The lowest BCUT2D eigenvalue weighted by Gasteiger charge is -1.92. The molecular weight excluding hydrogens is 166 g/mol. The molecule has 11 heavy (non-hydrogen) atoms. The predicted molar refractivity (Wildman–Crippen MR) is 36.5 cm³/mol. The smallest absolute Gasteiger partial charge is 0.174 e. The summed E-state index contributed by atoms with van der Waals surface area (Å²) in [6.07, 6.45) is 0.0212. The van der Waals surface area contributed by atoms with Crippen molar-refractivity contribution in [2.45, 2.75) is 18.1 Å². The van der Waals surface area contributed by atoms with E-state index in [0.717, 1.165) is 0 Å². The Hall–Kier alpha value is -0.600. The molecule has 0 bridgehead atoms. The zero-order chi connectivity index (χ0) is 8.11. The maximum absolute atomic E-state index is 11.0. The maximum atomic E-state index is 11.0. The topological polar surface area (TPSA) is 70.5 Å². The minimum Gasteiger partial charge on any atom is -0.349 e. The molecule has 0 saturated carbocycles. The van der Waals surface area contributed by atoms with Crippen LogP contribution >= 0.6 is 0 Å². The van der Waals surface area contributed by atoms with Crippen molar-refractivity contribution in [1.29, 1.82) is 5.26 Å². The molecule has 0 N–H and O–H groups in total. The molecule has 2 rings (SSSR count). The van der Waals surface area contributed by atoms with E-state index in [0.29, 0.717) is 6.42 Å². The van der Waals surface area contributed by atoms with Crippen LogP contribution in [0.2, 0.25) is 0 Å². The molecule has 2 atom stereocenters. The summed E-state index contributed by atoms with van der Waals surface area (Å²) in [6.45, 7) is 0. The summed E-state index contributed by atoms with van der Waals surface area (Å²) in [4.78, 5) is 0. The average Bonchev–Trinajstić information content (AvgIpc) is 2.49. The fourth-order valence-corrected chi connectivity index (χ4v) is 3.40. The molecule has 0 radical (unpaired) electrons. The molecule has 0 aromatic carbocycles. The second kappa shape index (κ2) is 1.76. The Bertz CT molecular complexity index is 328. The van der Waals surface area contributed by atoms with Gasteiger partial charge in [-0.25, -0.2) is 8.42 Å². The van der Waals surface area contributed by atoms with E-state index in [2.05, 4.69) is 0 Å². The lowest BCUT2D eigenvalue weighted by atomic mass is 10.1. The summed E-state index contributed by atoms with van der Waals surface area (Å²) < 4.78 is 26.9. The highest BCUT2D eigenvalue weighted by Gasteiger charge is 2.62. The fourth-order valence-electron chi connectivity index (χ4n) is 1.49. The average molecular weight is 173 g/mol. The van der Waals surface area contributed by atoms with E-state index < -0.39 is 21.5 Å². The first-order valence-corrected chi connectivity index (χ1v) is 5.18. The van der Waals surface area contributed by atoms with Crippen LogP contribution in [0.5, 0.6) is 0 Å². The summed E-state index contributed by atoms with van der Waals surface area (Å²) >= 11 is 0. The molecule has 2 saturated heterocycles. The molecule has 1 spiro atoms. The van der Waals surface area contributed by atoms with E-state index in [4.69, 9.17) is 10.00 Å². The molecule has 5 heteroatoms. The van der Waals surface area contributed by atoms with Gasteiger partial charge in [-0.2, -0.15) is 5.26 Å². The highest BCUT2D eigenvalue weighted by Crippen LogP contribution is 2.44. The Morgan fingerprint density at radius 1 is 1.64 bits per heavy atom. The van der Waals surface area contributed by atoms with Gasteiger partial charge in [0.25, 0.3) is 0 Å². The summed E-state index contributed by atoms with van der Waals surface area (Å²) in [7, 11) is -2.91. The Morgan fingerprint density at radius 2 is 2.36 bits per heavy atom. The number of hydrogen-bond acceptors (Lipinski definition) is 4. The standard InChI is InChI=1S/C6H7NO3S/c7-3-5-6(10-5)1-2-11(8,9)4-6/h5H,1-2,4H2. The summed E-state index contributed by atoms with van der Waals surface area (Å²) in [5, 5.41) is 8.43. The van der Waals surface area contributed by atoms with Crippen molar-refractivity contribution in [3.8, 4) is 6.07 Å². The zero-order valence-corrected chi connectivity index (χ0v) is 6.60. The van der Waals surface area contributed by atoms with Crippen LogP contribution in [0, 0.1) is 11.3 Å². The molecule has 4 nitrogen and oxygen atoms in total. The molecule has 2 aliphatic rings. The van der Waals surface area contributed by atoms with E-state index in [1.54, 1.807) is 0 Å². The normalized spacial score (nSPS) is 45.5. The highest BCUT2D eigenvalue weighted by atomic mass is 32.2. The third-order valence-electron chi connectivity index (χ3n) is 2.19. The second-order valence-corrected chi connectivity index (χ2v) is 5.22. The molecule has 0 aromatic heterocycles. The van der Waals surface area contributed by atoms with Crippen molar-refractivity contribution >= 4 is 9.84 Å². The highest BCUT2D eigenvalue weighted by molar-refractivity contribution is 7.91. The fraction of sp³-hybridized carbons (Fsp3) is 0.833. The van der Waals surface area contributed by atoms with Crippen LogP contribution in [-0.2, 0) is 14.6 Å². The molecule has 2 unspecified atom stereocenters. The molecule has 2 heterocycles. The largest absolute Gasteiger partial charge is 0.349 e. The van der Waals surface area contributed by atoms with Gasteiger partial charge in [-0.05, 0) is 6.42 Å². The van der Waals surface area contributed by atoms with Crippen molar-refractivity contribution < 1.29 is 13.2 Å². The van der Waals surface area contributed by atoms with Crippen LogP contribution in [0.4, 0.5) is 0 Å². The van der Waals surface area contributed by atoms with Gasteiger partial charge in [0.1, 0.15) is 5.60 Å². The molecule has 0 aromatic rings. The van der Waals surface area contributed by atoms with Crippen LogP contribution < -0.4 is 0 Å². The first-order chi connectivity index (χ1) is 5.08. The van der Waals surface area contributed by atoms with Crippen molar-refractivity contribution in [3.63, 3.8) is 0 Å². The van der Waals surface area contributed by atoms with Crippen molar-refractivity contribution in [2.75, 3.05) is 11.5 Å². The lowest BCUT2D eigenvalue weighted by molar-refractivity contribution is 0.321. The van der Waals surface area contributed by atoms with E-state index >= 15 is 0 Å². The zero-order valence-electron chi connectivity index (χ0n) is 5.78. The SMILES string of the molecule is N#CC1OC12CCS(=O)(=O)C2. The molecule has 0 amide bonds. The first-order valence-electron chi connectivity index (χ1n) is 3.36. The number of sulfone groups is 1. The Balaban J connectivity index is 2.21. The Morgan fingerprint density at radius 3 is 2.73 bits per heavy atom. The van der Waals surface area contributed by atoms with Crippen LogP contribution in [0.25, 0.3) is 0 Å². The van der Waals surface area contributed by atoms with Gasteiger partial charge in [-0.3, -0.25) is 0 Å². The van der Waals surface area contributed by atoms with Crippen LogP contribution in [0.15, 0.2) is 0 Å². The van der Waals surface area contributed by atoms with Crippen molar-refractivity contribution in [3.05, 3.63) is 0 Å². The van der Waals surface area contributed by atoms with E-state index in [1.165, 1.54) is 0 Å². The van der Waals surface area contributed by atoms with Crippen molar-refractivity contribution in [2.24, 2.45) is 0 Å². The monoisotopic (exact) mass is 173 g/mol. The van der Waals surface area contributed by atoms with Gasteiger partial charge in [0.2, 0.25) is 0 Å². The molecule has 60 valence electrons. The molecule has 0 aliphatic carbocycles. The Labute approximate surface area is 64.7 Å². The summed E-state index contributed by atoms with van der Waals surface area (Å²) in [6, 6.07) is 1.92. The quantitative estimate of drug-likeness (QED) is 0.461. The molecule has 2 aliphatic heterocycles. The second-order valence-electron chi connectivity index (χ2n) is 3.03. The van der Waals surface area contributed by atoms with Gasteiger partial charge in [-0.15, -0.1) is 0 Å². The molecule has 2 fully saturated rings. The maximum Gasteiger partial charge on any atom is 0.174 e. The van der Waals surface area contributed by atoms with Gasteiger partial charge in [0, 0.05) is 0 Å². The summed E-state index contributed by atoms with van der Waals surface area (Å²) in [5.41, 5.74) is -0.604. The summed E-state index contributed by atoms with van der Waals surface area (Å²) in [5.74, 6) is 0.212. The van der Waals surface area contributed by atoms with E-state index in [-0.39, 0.29) is 11.5 Å². The van der Waals surface area contributed by atoms with Gasteiger partial charge >= 0.3 is 0 Å². The van der Waals surface area contributed by atoms with Gasteiger partial charge in [0.05, 0.1) is 17.6 Å². The van der Waals surface area contributed by atoms with Gasteiger partial charge in [-0.1, -0.05) is 0 Å². The predicted octanol–water partition coefficient (Wildman–Crippen LogP) is -0.534. The number of nitriles is 1. The lowest BCUT2D eigenvalue weighted by Crippen LogP contribution is -2.15. The Kier molecular flexibility index (Phi) is 1.13. The number of hydrogen-bond donors (Lipinski definition) is 0. The van der Waals surface area contributed by atoms with E-state index in [1.807, 2.05) is 6.07 Å². The van der Waals surface area contributed by atoms with Crippen LogP contribution in [-0.4, -0.2) is 31.6 Å². The number of epoxide rings is 1. The van der Waals surface area contributed by atoms with Gasteiger partial charge < -0.3 is 4.74 Å². The number of rotatable bonds is 0. The molecular formula is C6H7NO3S. The minimum absolute atomic E-state index is 0.0399. The first kappa shape index (κ1) is 7.07. The van der Waals surface area contributed by atoms with Crippen LogP contribution in [0.3, 0.4) is 0 Å². The third-order valence-corrected chi connectivity index (χ3v) is 3.95. The van der Waals surface area contributed by atoms with Crippen molar-refractivity contribution in [1.82, 2.24) is 0 Å². The van der Waals surface area contributed by atoms with Gasteiger partial charge in [0.15, 0.2) is 15.9 Å². The minimum atomic E-state index is -2.91. The number of nitrogens with zero attached hydrogens (tertiary/aromatic N) is 1. The number of ether oxygens (including phenoxy) is 1. The van der Waals surface area contributed by atoms with Crippen LogP contribution in [0.1, 0.15) is 6.42 Å². The van der Waals surface area contributed by atoms with E-state index in [9.17, 15) is 8.42 Å². The third kappa shape index (κ3) is 0.940.